The lowest BCUT2D eigenvalue weighted by Gasteiger charge is -2.07. The summed E-state index contributed by atoms with van der Waals surface area (Å²) in [4.78, 5) is 9.96. The van der Waals surface area contributed by atoms with E-state index in [1.54, 1.807) is 0 Å². The van der Waals surface area contributed by atoms with Crippen molar-refractivity contribution in [2.45, 2.75) is 19.4 Å². The number of ether oxygens (including phenoxy) is 2. The van der Waals surface area contributed by atoms with Gasteiger partial charge in [0.05, 0.1) is 6.61 Å². The minimum Gasteiger partial charge on any atom is -0.494 e. The molecule has 0 aliphatic carbocycles. The summed E-state index contributed by atoms with van der Waals surface area (Å²) in [5, 5.41) is 0. The summed E-state index contributed by atoms with van der Waals surface area (Å²) in [6, 6.07) is 17.9. The van der Waals surface area contributed by atoms with Crippen molar-refractivity contribution < 1.29 is 14.3 Å². The molecule has 0 saturated heterocycles. The molecule has 0 bridgehead atoms. The molecule has 0 heterocycles. The van der Waals surface area contributed by atoms with E-state index in [0.717, 1.165) is 24.2 Å². The Bertz CT molecular complexity index is 506. The van der Waals surface area contributed by atoms with Crippen LogP contribution in [0.2, 0.25) is 0 Å². The number of carbonyl (C=O) groups excluding carboxylic acids is 1. The maximum atomic E-state index is 9.96. The highest BCUT2D eigenvalue weighted by atomic mass is 16.5. The number of benzene rings is 2. The second kappa shape index (κ2) is 8.00. The summed E-state index contributed by atoms with van der Waals surface area (Å²) in [6.07, 6.45) is 2.00. The molecule has 3 nitrogen and oxygen atoms in total. The second-order valence-corrected chi connectivity index (χ2v) is 4.45. The molecule has 0 N–H and O–H groups in total. The van der Waals surface area contributed by atoms with Gasteiger partial charge in [-0.25, -0.2) is 4.79 Å². The first-order chi connectivity index (χ1) is 9.88. The number of rotatable bonds is 8. The third-order valence-electron chi connectivity index (χ3n) is 2.94. The van der Waals surface area contributed by atoms with E-state index in [4.69, 9.17) is 4.74 Å². The maximum absolute atomic E-state index is 9.96. The number of hydrogen-bond acceptors (Lipinski definition) is 3. The van der Waals surface area contributed by atoms with Gasteiger partial charge in [0.15, 0.2) is 0 Å². The molecule has 103 valence electrons. The SMILES string of the molecule is O=[C]OCc1ccc(OCCCc2ccccc2)cc1. The van der Waals surface area contributed by atoms with Crippen LogP contribution in [0.15, 0.2) is 54.6 Å². The predicted molar refractivity (Wildman–Crippen MR) is 77.2 cm³/mol. The molecule has 0 spiro atoms. The van der Waals surface area contributed by atoms with E-state index in [-0.39, 0.29) is 6.61 Å². The van der Waals surface area contributed by atoms with E-state index in [2.05, 4.69) is 16.9 Å². The van der Waals surface area contributed by atoms with Crippen molar-refractivity contribution in [1.82, 2.24) is 0 Å². The summed E-state index contributed by atoms with van der Waals surface area (Å²) in [7, 11) is 0. The Kier molecular flexibility index (Phi) is 5.65. The molecule has 1 radical (unpaired) electrons. The standard InChI is InChI=1S/C17H17O3/c18-14-19-13-16-8-10-17(11-9-16)20-12-4-7-15-5-2-1-3-6-15/h1-3,5-6,8-11H,4,7,12-13H2. The van der Waals surface area contributed by atoms with Gasteiger partial charge in [-0.05, 0) is 36.1 Å². The van der Waals surface area contributed by atoms with Gasteiger partial charge in [-0.1, -0.05) is 42.5 Å². The molecule has 0 saturated carbocycles. The molecule has 0 amide bonds. The van der Waals surface area contributed by atoms with Crippen molar-refractivity contribution in [1.29, 1.82) is 0 Å². The number of hydrogen-bond donors (Lipinski definition) is 0. The van der Waals surface area contributed by atoms with Crippen LogP contribution in [0, 0.1) is 0 Å². The molecule has 2 aromatic rings. The van der Waals surface area contributed by atoms with E-state index in [0.29, 0.717) is 6.61 Å². The lowest BCUT2D eigenvalue weighted by molar-refractivity contribution is 0.266. The van der Waals surface area contributed by atoms with Crippen molar-refractivity contribution >= 4 is 6.47 Å². The molecular weight excluding hydrogens is 252 g/mol. The predicted octanol–water partition coefficient (Wildman–Crippen LogP) is 3.28. The van der Waals surface area contributed by atoms with Crippen LogP contribution < -0.4 is 4.74 Å². The Morgan fingerprint density at radius 2 is 1.65 bits per heavy atom. The van der Waals surface area contributed by atoms with Crippen LogP contribution in [-0.2, 0) is 22.6 Å². The summed E-state index contributed by atoms with van der Waals surface area (Å²) >= 11 is 0. The molecule has 0 aliphatic heterocycles. The first-order valence-electron chi connectivity index (χ1n) is 6.63. The summed E-state index contributed by atoms with van der Waals surface area (Å²) in [5.74, 6) is 0.830. The zero-order chi connectivity index (χ0) is 14.0. The summed E-state index contributed by atoms with van der Waals surface area (Å²) in [5.41, 5.74) is 2.25. The summed E-state index contributed by atoms with van der Waals surface area (Å²) < 4.78 is 10.2. The van der Waals surface area contributed by atoms with E-state index in [1.807, 2.05) is 42.5 Å². The van der Waals surface area contributed by atoms with Gasteiger partial charge in [0.2, 0.25) is 0 Å². The van der Waals surface area contributed by atoms with Gasteiger partial charge in [0, 0.05) is 0 Å². The highest BCUT2D eigenvalue weighted by Gasteiger charge is 1.97. The van der Waals surface area contributed by atoms with E-state index in [1.165, 1.54) is 12.0 Å². The molecule has 0 aliphatic rings. The lowest BCUT2D eigenvalue weighted by Crippen LogP contribution is -1.99. The first kappa shape index (κ1) is 14.1. The normalized spacial score (nSPS) is 10.0. The molecular formula is C17H17O3. The van der Waals surface area contributed by atoms with E-state index >= 15 is 0 Å². The average Bonchev–Trinajstić information content (AvgIpc) is 2.52. The van der Waals surface area contributed by atoms with Gasteiger partial charge < -0.3 is 9.47 Å². The van der Waals surface area contributed by atoms with Crippen LogP contribution in [0.3, 0.4) is 0 Å². The molecule has 0 aromatic heterocycles. The largest absolute Gasteiger partial charge is 0.494 e. The van der Waals surface area contributed by atoms with Gasteiger partial charge in [-0.3, -0.25) is 0 Å². The van der Waals surface area contributed by atoms with Crippen molar-refractivity contribution in [3.8, 4) is 5.75 Å². The Hall–Kier alpha value is -2.29. The third kappa shape index (κ3) is 4.76. The Morgan fingerprint density at radius 1 is 0.900 bits per heavy atom. The molecule has 0 fully saturated rings. The van der Waals surface area contributed by atoms with Crippen molar-refractivity contribution in [2.75, 3.05) is 6.61 Å². The second-order valence-electron chi connectivity index (χ2n) is 4.45. The van der Waals surface area contributed by atoms with Crippen molar-refractivity contribution in [3.05, 3.63) is 65.7 Å². The highest BCUT2D eigenvalue weighted by molar-refractivity contribution is 5.38. The maximum Gasteiger partial charge on any atom is 0.417 e. The van der Waals surface area contributed by atoms with Crippen LogP contribution in [0.5, 0.6) is 5.75 Å². The lowest BCUT2D eigenvalue weighted by atomic mass is 10.1. The van der Waals surface area contributed by atoms with Gasteiger partial charge >= 0.3 is 6.47 Å². The van der Waals surface area contributed by atoms with Gasteiger partial charge in [-0.15, -0.1) is 0 Å². The molecule has 20 heavy (non-hydrogen) atoms. The fourth-order valence-electron chi connectivity index (χ4n) is 1.91. The zero-order valence-electron chi connectivity index (χ0n) is 11.2. The molecule has 3 heteroatoms. The molecule has 0 atom stereocenters. The van der Waals surface area contributed by atoms with Gasteiger partial charge in [-0.2, -0.15) is 0 Å². The van der Waals surface area contributed by atoms with Crippen LogP contribution in [0.4, 0.5) is 0 Å². The van der Waals surface area contributed by atoms with Gasteiger partial charge in [0.25, 0.3) is 0 Å². The van der Waals surface area contributed by atoms with E-state index in [9.17, 15) is 4.79 Å². The summed E-state index contributed by atoms with van der Waals surface area (Å²) in [6.45, 7) is 2.34. The smallest absolute Gasteiger partial charge is 0.417 e. The fraction of sp³-hybridized carbons (Fsp3) is 0.235. The van der Waals surface area contributed by atoms with Crippen LogP contribution in [-0.4, -0.2) is 13.1 Å². The van der Waals surface area contributed by atoms with Gasteiger partial charge in [0.1, 0.15) is 12.4 Å². The molecule has 0 unspecified atom stereocenters. The monoisotopic (exact) mass is 269 g/mol. The van der Waals surface area contributed by atoms with Crippen molar-refractivity contribution in [2.24, 2.45) is 0 Å². The first-order valence-corrected chi connectivity index (χ1v) is 6.63. The molecule has 2 rings (SSSR count). The third-order valence-corrected chi connectivity index (χ3v) is 2.94. The Balaban J connectivity index is 1.70. The van der Waals surface area contributed by atoms with Crippen LogP contribution >= 0.6 is 0 Å². The topological polar surface area (TPSA) is 35.5 Å². The van der Waals surface area contributed by atoms with Crippen molar-refractivity contribution in [3.63, 3.8) is 0 Å². The Morgan fingerprint density at radius 3 is 2.35 bits per heavy atom. The van der Waals surface area contributed by atoms with Crippen LogP contribution in [0.1, 0.15) is 17.5 Å². The van der Waals surface area contributed by atoms with Crippen LogP contribution in [0.25, 0.3) is 0 Å². The highest BCUT2D eigenvalue weighted by Crippen LogP contribution is 2.13. The average molecular weight is 269 g/mol. The fourth-order valence-corrected chi connectivity index (χ4v) is 1.91. The minimum absolute atomic E-state index is 0.248. The quantitative estimate of drug-likeness (QED) is 0.690. The Labute approximate surface area is 119 Å². The zero-order valence-corrected chi connectivity index (χ0v) is 11.2. The molecule has 2 aromatic carbocycles. The van der Waals surface area contributed by atoms with E-state index < -0.39 is 0 Å². The number of aryl methyl sites for hydroxylation is 1. The minimum atomic E-state index is 0.248.